The SMILES string of the molecule is CC=COC[CH]CCCCCOCC=CCCC. The van der Waals surface area contributed by atoms with Crippen LogP contribution in [0.4, 0.5) is 0 Å². The van der Waals surface area contributed by atoms with Gasteiger partial charge in [-0.05, 0) is 32.6 Å². The van der Waals surface area contributed by atoms with Crippen LogP contribution in [0.5, 0.6) is 0 Å². The van der Waals surface area contributed by atoms with Crippen molar-refractivity contribution in [3.63, 3.8) is 0 Å². The van der Waals surface area contributed by atoms with E-state index < -0.39 is 0 Å². The first kappa shape index (κ1) is 17.2. The van der Waals surface area contributed by atoms with Crippen LogP contribution < -0.4 is 0 Å². The summed E-state index contributed by atoms with van der Waals surface area (Å²) >= 11 is 0. The quantitative estimate of drug-likeness (QED) is 0.270. The van der Waals surface area contributed by atoms with Crippen LogP contribution in [0, 0.1) is 6.42 Å². The van der Waals surface area contributed by atoms with Crippen molar-refractivity contribution in [2.75, 3.05) is 19.8 Å². The molecule has 0 rings (SSSR count). The molecule has 0 aliphatic heterocycles. The Kier molecular flexibility index (Phi) is 15.6. The highest BCUT2D eigenvalue weighted by molar-refractivity contribution is 4.80. The van der Waals surface area contributed by atoms with Crippen LogP contribution in [0.25, 0.3) is 0 Å². The monoisotopic (exact) mass is 253 g/mol. The largest absolute Gasteiger partial charge is 0.501 e. The second-order valence-corrected chi connectivity index (χ2v) is 4.28. The maximum absolute atomic E-state index is 5.51. The molecule has 0 aliphatic rings. The fourth-order valence-electron chi connectivity index (χ4n) is 1.48. The lowest BCUT2D eigenvalue weighted by molar-refractivity contribution is 0.157. The van der Waals surface area contributed by atoms with Gasteiger partial charge >= 0.3 is 0 Å². The first-order chi connectivity index (χ1) is 8.91. The van der Waals surface area contributed by atoms with E-state index in [1.165, 1.54) is 19.3 Å². The van der Waals surface area contributed by atoms with Crippen LogP contribution in [0.3, 0.4) is 0 Å². The van der Waals surface area contributed by atoms with Crippen molar-refractivity contribution in [3.8, 4) is 0 Å². The summed E-state index contributed by atoms with van der Waals surface area (Å²) in [5.41, 5.74) is 0. The van der Waals surface area contributed by atoms with Gasteiger partial charge in [0, 0.05) is 6.61 Å². The zero-order chi connectivity index (χ0) is 13.3. The highest BCUT2D eigenvalue weighted by atomic mass is 16.5. The molecule has 2 nitrogen and oxygen atoms in total. The molecular weight excluding hydrogens is 224 g/mol. The van der Waals surface area contributed by atoms with Crippen LogP contribution in [0.15, 0.2) is 24.5 Å². The Morgan fingerprint density at radius 3 is 2.61 bits per heavy atom. The van der Waals surface area contributed by atoms with E-state index in [0.717, 1.165) is 39.1 Å². The van der Waals surface area contributed by atoms with Gasteiger partial charge in [-0.1, -0.05) is 44.4 Å². The summed E-state index contributed by atoms with van der Waals surface area (Å²) in [5, 5.41) is 0. The van der Waals surface area contributed by atoms with E-state index in [0.29, 0.717) is 0 Å². The van der Waals surface area contributed by atoms with Crippen LogP contribution in [-0.4, -0.2) is 19.8 Å². The Morgan fingerprint density at radius 1 is 0.944 bits per heavy atom. The molecule has 0 saturated carbocycles. The molecule has 105 valence electrons. The number of allylic oxidation sites excluding steroid dienone is 2. The van der Waals surface area contributed by atoms with Crippen LogP contribution in [0.1, 0.15) is 52.4 Å². The zero-order valence-electron chi connectivity index (χ0n) is 12.1. The average molecular weight is 253 g/mol. The van der Waals surface area contributed by atoms with Gasteiger partial charge in [0.05, 0.1) is 19.5 Å². The molecule has 0 aromatic carbocycles. The molecule has 0 aromatic heterocycles. The number of unbranched alkanes of at least 4 members (excludes halogenated alkanes) is 5. The molecular formula is C16H29O2. The molecule has 0 amide bonds. The second-order valence-electron chi connectivity index (χ2n) is 4.28. The lowest BCUT2D eigenvalue weighted by atomic mass is 10.1. The minimum Gasteiger partial charge on any atom is -0.501 e. The van der Waals surface area contributed by atoms with Gasteiger partial charge in [0.1, 0.15) is 0 Å². The smallest absolute Gasteiger partial charge is 0.0905 e. The van der Waals surface area contributed by atoms with Gasteiger partial charge in [0.2, 0.25) is 0 Å². The third-order valence-corrected chi connectivity index (χ3v) is 2.48. The summed E-state index contributed by atoms with van der Waals surface area (Å²) in [4.78, 5) is 0. The summed E-state index contributed by atoms with van der Waals surface area (Å²) in [7, 11) is 0. The predicted molar refractivity (Wildman–Crippen MR) is 78.4 cm³/mol. The van der Waals surface area contributed by atoms with Crippen molar-refractivity contribution in [3.05, 3.63) is 30.9 Å². The Labute approximate surface area is 113 Å². The molecule has 2 heteroatoms. The summed E-state index contributed by atoms with van der Waals surface area (Å²) < 4.78 is 10.7. The minimum absolute atomic E-state index is 0.725. The molecule has 18 heavy (non-hydrogen) atoms. The Hall–Kier alpha value is -0.760. The van der Waals surface area contributed by atoms with E-state index in [4.69, 9.17) is 9.47 Å². The normalized spacial score (nSPS) is 11.7. The Bertz CT molecular complexity index is 197. The third-order valence-electron chi connectivity index (χ3n) is 2.48. The second kappa shape index (κ2) is 16.2. The number of rotatable bonds is 13. The molecule has 0 aliphatic carbocycles. The van der Waals surface area contributed by atoms with E-state index in [9.17, 15) is 0 Å². The van der Waals surface area contributed by atoms with Crippen LogP contribution in [0.2, 0.25) is 0 Å². The summed E-state index contributed by atoms with van der Waals surface area (Å²) in [6.45, 7) is 6.52. The first-order valence-electron chi connectivity index (χ1n) is 7.19. The first-order valence-corrected chi connectivity index (χ1v) is 7.19. The fourth-order valence-corrected chi connectivity index (χ4v) is 1.48. The molecule has 0 saturated heterocycles. The van der Waals surface area contributed by atoms with E-state index >= 15 is 0 Å². The van der Waals surface area contributed by atoms with Crippen molar-refractivity contribution in [1.82, 2.24) is 0 Å². The third kappa shape index (κ3) is 15.2. The van der Waals surface area contributed by atoms with Crippen molar-refractivity contribution < 1.29 is 9.47 Å². The Balaban J connectivity index is 2.98. The van der Waals surface area contributed by atoms with Gasteiger partial charge in [-0.25, -0.2) is 0 Å². The zero-order valence-corrected chi connectivity index (χ0v) is 12.1. The van der Waals surface area contributed by atoms with Crippen molar-refractivity contribution in [1.29, 1.82) is 0 Å². The lowest BCUT2D eigenvalue weighted by Gasteiger charge is -2.02. The van der Waals surface area contributed by atoms with Gasteiger partial charge < -0.3 is 9.47 Å². The van der Waals surface area contributed by atoms with Gasteiger partial charge in [0.25, 0.3) is 0 Å². The molecule has 0 N–H and O–H groups in total. The van der Waals surface area contributed by atoms with Crippen molar-refractivity contribution in [2.45, 2.75) is 52.4 Å². The molecule has 0 spiro atoms. The minimum atomic E-state index is 0.725. The van der Waals surface area contributed by atoms with E-state index in [1.54, 1.807) is 6.26 Å². The summed E-state index contributed by atoms with van der Waals surface area (Å²) in [5.74, 6) is 0. The molecule has 1 radical (unpaired) electrons. The molecule has 0 unspecified atom stereocenters. The molecule has 0 heterocycles. The van der Waals surface area contributed by atoms with Gasteiger partial charge in [-0.3, -0.25) is 0 Å². The van der Waals surface area contributed by atoms with Crippen LogP contribution in [-0.2, 0) is 9.47 Å². The summed E-state index contributed by atoms with van der Waals surface area (Å²) in [6.07, 6.45) is 17.3. The van der Waals surface area contributed by atoms with E-state index in [-0.39, 0.29) is 0 Å². The average Bonchev–Trinajstić information content (AvgIpc) is 2.39. The van der Waals surface area contributed by atoms with Crippen LogP contribution >= 0.6 is 0 Å². The molecule has 0 atom stereocenters. The lowest BCUT2D eigenvalue weighted by Crippen LogP contribution is -1.95. The topological polar surface area (TPSA) is 18.5 Å². The highest BCUT2D eigenvalue weighted by Crippen LogP contribution is 2.03. The predicted octanol–water partition coefficient (Wildman–Crippen LogP) is 4.67. The molecule has 0 fully saturated rings. The maximum atomic E-state index is 5.51. The van der Waals surface area contributed by atoms with Gasteiger partial charge in [-0.15, -0.1) is 0 Å². The maximum Gasteiger partial charge on any atom is 0.0905 e. The van der Waals surface area contributed by atoms with Crippen molar-refractivity contribution >= 4 is 0 Å². The number of hydrogen-bond acceptors (Lipinski definition) is 2. The number of ether oxygens (including phenoxy) is 2. The molecule has 0 bridgehead atoms. The molecule has 0 aromatic rings. The van der Waals surface area contributed by atoms with E-state index in [1.807, 2.05) is 13.0 Å². The van der Waals surface area contributed by atoms with E-state index in [2.05, 4.69) is 25.5 Å². The van der Waals surface area contributed by atoms with Gasteiger partial charge in [0.15, 0.2) is 0 Å². The number of hydrogen-bond donors (Lipinski definition) is 0. The van der Waals surface area contributed by atoms with Gasteiger partial charge in [-0.2, -0.15) is 0 Å². The Morgan fingerprint density at radius 2 is 1.83 bits per heavy atom. The fraction of sp³-hybridized carbons (Fsp3) is 0.688. The van der Waals surface area contributed by atoms with Crippen molar-refractivity contribution in [2.24, 2.45) is 0 Å². The standard InChI is InChI=1S/C16H29O2/c1-3-5-6-10-15-18-16-12-9-7-8-11-14-17-13-4-2/h4,6,10-11,13H,3,5,7-9,12,14-16H2,1-2H3. The highest BCUT2D eigenvalue weighted by Gasteiger charge is 1.91. The summed E-state index contributed by atoms with van der Waals surface area (Å²) in [6, 6.07) is 0.